The van der Waals surface area contributed by atoms with E-state index in [-0.39, 0.29) is 0 Å². The molecular weight excluding hydrogens is 274 g/mol. The first-order chi connectivity index (χ1) is 9.62. The fourth-order valence-electron chi connectivity index (χ4n) is 2.87. The first-order valence-corrected chi connectivity index (χ1v) is 9.10. The second kappa shape index (κ2) is 5.74. The fraction of sp³-hybridized carbons (Fsp3) is 0.600. The van der Waals surface area contributed by atoms with Crippen LogP contribution in [-0.2, 0) is 22.8 Å². The van der Waals surface area contributed by atoms with E-state index in [1.807, 2.05) is 6.07 Å². The molecule has 1 fully saturated rings. The van der Waals surface area contributed by atoms with Gasteiger partial charge < -0.3 is 10.1 Å². The van der Waals surface area contributed by atoms with Gasteiger partial charge in [-0.2, -0.15) is 0 Å². The standard InChI is InChI=1S/C15H21NO3S/c17-20(18)7-4-12(5-8-20)11-19-15-2-1-13-3-6-16-10-14(13)9-15/h1-2,9,12,16H,3-8,10-11H2. The monoisotopic (exact) mass is 295 g/mol. The summed E-state index contributed by atoms with van der Waals surface area (Å²) in [6.45, 7) is 2.58. The predicted octanol–water partition coefficient (Wildman–Crippen LogP) is 1.54. The third-order valence-corrected chi connectivity index (χ3v) is 5.94. The number of benzene rings is 1. The molecule has 1 aromatic rings. The van der Waals surface area contributed by atoms with Crippen molar-refractivity contribution in [1.29, 1.82) is 0 Å². The van der Waals surface area contributed by atoms with Crippen LogP contribution < -0.4 is 10.1 Å². The van der Waals surface area contributed by atoms with Crippen LogP contribution >= 0.6 is 0 Å². The molecule has 4 nitrogen and oxygen atoms in total. The van der Waals surface area contributed by atoms with Gasteiger partial charge in [-0.15, -0.1) is 0 Å². The molecule has 0 aliphatic carbocycles. The molecule has 0 amide bonds. The Balaban J connectivity index is 1.56. The third kappa shape index (κ3) is 3.33. The van der Waals surface area contributed by atoms with Crippen LogP contribution in [0, 0.1) is 5.92 Å². The maximum Gasteiger partial charge on any atom is 0.150 e. The Hall–Kier alpha value is -1.07. The van der Waals surface area contributed by atoms with Crippen molar-refractivity contribution in [3.8, 4) is 5.75 Å². The van der Waals surface area contributed by atoms with E-state index in [4.69, 9.17) is 4.74 Å². The van der Waals surface area contributed by atoms with Crippen LogP contribution in [0.1, 0.15) is 24.0 Å². The molecule has 0 unspecified atom stereocenters. The number of ether oxygens (including phenoxy) is 1. The first kappa shape index (κ1) is 13.9. The molecule has 0 atom stereocenters. The lowest BCUT2D eigenvalue weighted by atomic mass is 10.0. The number of hydrogen-bond acceptors (Lipinski definition) is 4. The molecule has 1 aromatic carbocycles. The van der Waals surface area contributed by atoms with Crippen LogP contribution in [0.4, 0.5) is 0 Å². The summed E-state index contributed by atoms with van der Waals surface area (Å²) < 4.78 is 28.6. The lowest BCUT2D eigenvalue weighted by Gasteiger charge is -2.23. The van der Waals surface area contributed by atoms with Crippen LogP contribution in [0.3, 0.4) is 0 Å². The van der Waals surface area contributed by atoms with Crippen LogP contribution in [0.2, 0.25) is 0 Å². The summed E-state index contributed by atoms with van der Waals surface area (Å²) in [4.78, 5) is 0. The van der Waals surface area contributed by atoms with Gasteiger partial charge >= 0.3 is 0 Å². The van der Waals surface area contributed by atoms with Crippen LogP contribution in [0.15, 0.2) is 18.2 Å². The highest BCUT2D eigenvalue weighted by molar-refractivity contribution is 7.91. The molecule has 0 saturated carbocycles. The Kier molecular flexibility index (Phi) is 3.98. The highest BCUT2D eigenvalue weighted by Crippen LogP contribution is 2.23. The molecule has 3 rings (SSSR count). The van der Waals surface area contributed by atoms with Crippen molar-refractivity contribution in [2.24, 2.45) is 5.92 Å². The molecule has 0 bridgehead atoms. The van der Waals surface area contributed by atoms with Crippen molar-refractivity contribution < 1.29 is 13.2 Å². The van der Waals surface area contributed by atoms with Crippen LogP contribution in [0.25, 0.3) is 0 Å². The van der Waals surface area contributed by atoms with Gasteiger partial charge in [-0.3, -0.25) is 0 Å². The van der Waals surface area contributed by atoms with Gasteiger partial charge in [0.25, 0.3) is 0 Å². The second-order valence-corrected chi connectivity index (χ2v) is 8.07. The summed E-state index contributed by atoms with van der Waals surface area (Å²) in [5.41, 5.74) is 2.72. The van der Waals surface area contributed by atoms with E-state index in [2.05, 4.69) is 17.4 Å². The lowest BCUT2D eigenvalue weighted by Crippen LogP contribution is -2.27. The van der Waals surface area contributed by atoms with Gasteiger partial charge in [0.2, 0.25) is 0 Å². The van der Waals surface area contributed by atoms with Crippen molar-refractivity contribution >= 4 is 9.84 Å². The summed E-state index contributed by atoms with van der Waals surface area (Å²) in [6.07, 6.45) is 2.54. The van der Waals surface area contributed by atoms with Gasteiger partial charge in [0.05, 0.1) is 18.1 Å². The summed E-state index contributed by atoms with van der Waals surface area (Å²) in [5.74, 6) is 1.90. The first-order valence-electron chi connectivity index (χ1n) is 7.28. The minimum Gasteiger partial charge on any atom is -0.493 e. The van der Waals surface area contributed by atoms with E-state index in [1.54, 1.807) is 0 Å². The van der Waals surface area contributed by atoms with E-state index in [1.165, 1.54) is 11.1 Å². The molecule has 5 heteroatoms. The topological polar surface area (TPSA) is 55.4 Å². The molecule has 0 aromatic heterocycles. The molecule has 0 radical (unpaired) electrons. The summed E-state index contributed by atoms with van der Waals surface area (Å²) >= 11 is 0. The predicted molar refractivity (Wildman–Crippen MR) is 78.7 cm³/mol. The highest BCUT2D eigenvalue weighted by atomic mass is 32.2. The van der Waals surface area contributed by atoms with E-state index in [0.29, 0.717) is 24.0 Å². The fourth-order valence-corrected chi connectivity index (χ4v) is 4.46. The normalized spacial score (nSPS) is 22.2. The molecule has 20 heavy (non-hydrogen) atoms. The van der Waals surface area contributed by atoms with Crippen LogP contribution in [-0.4, -0.2) is 33.1 Å². The largest absolute Gasteiger partial charge is 0.493 e. The van der Waals surface area contributed by atoms with Gasteiger partial charge in [0, 0.05) is 6.54 Å². The van der Waals surface area contributed by atoms with Crippen molar-refractivity contribution in [1.82, 2.24) is 5.32 Å². The van der Waals surface area contributed by atoms with E-state index in [9.17, 15) is 8.42 Å². The molecule has 110 valence electrons. The summed E-state index contributed by atoms with van der Waals surface area (Å²) in [6, 6.07) is 6.29. The summed E-state index contributed by atoms with van der Waals surface area (Å²) in [5, 5.41) is 3.36. The Morgan fingerprint density at radius 3 is 2.80 bits per heavy atom. The van der Waals surface area contributed by atoms with E-state index >= 15 is 0 Å². The average Bonchev–Trinajstić information content (AvgIpc) is 2.46. The van der Waals surface area contributed by atoms with Crippen molar-refractivity contribution in [2.45, 2.75) is 25.8 Å². The second-order valence-electron chi connectivity index (χ2n) is 5.76. The minimum absolute atomic E-state index is 0.315. The number of rotatable bonds is 3. The quantitative estimate of drug-likeness (QED) is 0.919. The zero-order chi connectivity index (χ0) is 14.0. The van der Waals surface area contributed by atoms with Gasteiger partial charge in [0.1, 0.15) is 15.6 Å². The summed E-state index contributed by atoms with van der Waals surface area (Å²) in [7, 11) is -2.77. The van der Waals surface area contributed by atoms with Crippen molar-refractivity contribution in [3.05, 3.63) is 29.3 Å². The van der Waals surface area contributed by atoms with Gasteiger partial charge in [-0.05, 0) is 55.0 Å². The molecule has 2 aliphatic heterocycles. The average molecular weight is 295 g/mol. The highest BCUT2D eigenvalue weighted by Gasteiger charge is 2.24. The minimum atomic E-state index is -2.77. The zero-order valence-electron chi connectivity index (χ0n) is 11.6. The van der Waals surface area contributed by atoms with Crippen molar-refractivity contribution in [3.63, 3.8) is 0 Å². The number of nitrogens with one attached hydrogen (secondary N) is 1. The number of fused-ring (bicyclic) bond motifs is 1. The smallest absolute Gasteiger partial charge is 0.150 e. The zero-order valence-corrected chi connectivity index (χ0v) is 12.4. The Labute approximate surface area is 120 Å². The van der Waals surface area contributed by atoms with Gasteiger partial charge in [0.15, 0.2) is 0 Å². The van der Waals surface area contributed by atoms with Gasteiger partial charge in [-0.1, -0.05) is 6.07 Å². The van der Waals surface area contributed by atoms with Crippen molar-refractivity contribution in [2.75, 3.05) is 24.7 Å². The number of hydrogen-bond donors (Lipinski definition) is 1. The molecule has 2 aliphatic rings. The van der Waals surface area contributed by atoms with E-state index in [0.717, 1.165) is 38.1 Å². The molecule has 1 N–H and O–H groups in total. The molecular formula is C15H21NO3S. The number of sulfone groups is 1. The maximum atomic E-state index is 11.4. The Bertz CT molecular complexity index is 569. The van der Waals surface area contributed by atoms with Crippen LogP contribution in [0.5, 0.6) is 5.75 Å². The SMILES string of the molecule is O=S1(=O)CCC(COc2ccc3c(c2)CNCC3)CC1. The molecule has 1 saturated heterocycles. The van der Waals surface area contributed by atoms with E-state index < -0.39 is 9.84 Å². The molecule has 2 heterocycles. The van der Waals surface area contributed by atoms with Gasteiger partial charge in [-0.25, -0.2) is 8.42 Å². The maximum absolute atomic E-state index is 11.4. The Morgan fingerprint density at radius 2 is 2.00 bits per heavy atom. The third-order valence-electron chi connectivity index (χ3n) is 4.22. The Morgan fingerprint density at radius 1 is 1.20 bits per heavy atom. The lowest BCUT2D eigenvalue weighted by molar-refractivity contribution is 0.238. The molecule has 0 spiro atoms.